The first-order valence-electron chi connectivity index (χ1n) is 6.29. The van der Waals surface area contributed by atoms with Crippen molar-refractivity contribution in [3.05, 3.63) is 70.5 Å². The van der Waals surface area contributed by atoms with Crippen LogP contribution in [0.2, 0.25) is 0 Å². The number of alkyl halides is 3. The number of aliphatic hydroxyl groups is 1. The van der Waals surface area contributed by atoms with Crippen LogP contribution in [0, 0.1) is 12.7 Å². The van der Waals surface area contributed by atoms with Crippen LogP contribution in [-0.2, 0) is 11.8 Å². The molecule has 1 nitrogen and oxygen atoms in total. The number of aryl methyl sites for hydroxylation is 1. The van der Waals surface area contributed by atoms with Gasteiger partial charge < -0.3 is 5.11 Å². The van der Waals surface area contributed by atoms with Crippen LogP contribution < -0.4 is 0 Å². The molecule has 0 heterocycles. The molecule has 0 radical (unpaired) electrons. The highest BCUT2D eigenvalue weighted by atomic mass is 19.4. The molecule has 0 bridgehead atoms. The lowest BCUT2D eigenvalue weighted by Gasteiger charge is -2.25. The SMILES string of the molecule is Cc1ccc(C(C)(O)c2cccc(C(F)(F)F)c2)cc1F. The molecule has 2 aromatic rings. The van der Waals surface area contributed by atoms with Crippen molar-refractivity contribution in [2.75, 3.05) is 0 Å². The van der Waals surface area contributed by atoms with E-state index in [1.165, 1.54) is 31.2 Å². The van der Waals surface area contributed by atoms with Crippen molar-refractivity contribution in [2.24, 2.45) is 0 Å². The predicted octanol–water partition coefficient (Wildman–Crippen LogP) is 4.41. The van der Waals surface area contributed by atoms with Gasteiger partial charge in [-0.2, -0.15) is 13.2 Å². The summed E-state index contributed by atoms with van der Waals surface area (Å²) in [5, 5.41) is 10.5. The van der Waals surface area contributed by atoms with Crippen LogP contribution in [0.5, 0.6) is 0 Å². The second-order valence-electron chi connectivity index (χ2n) is 5.11. The molecule has 1 unspecified atom stereocenters. The second kappa shape index (κ2) is 5.15. The van der Waals surface area contributed by atoms with Gasteiger partial charge in [0.25, 0.3) is 0 Å². The maximum absolute atomic E-state index is 13.6. The lowest BCUT2D eigenvalue weighted by atomic mass is 9.87. The molecule has 2 rings (SSSR count). The van der Waals surface area contributed by atoms with Gasteiger partial charge in [0.2, 0.25) is 0 Å². The maximum Gasteiger partial charge on any atom is 0.416 e. The standard InChI is InChI=1S/C16H14F4O/c1-10-6-7-12(9-14(10)17)15(2,21)11-4-3-5-13(8-11)16(18,19)20/h3-9,21H,1-2H3. The molecule has 112 valence electrons. The minimum absolute atomic E-state index is 0.0561. The summed E-state index contributed by atoms with van der Waals surface area (Å²) in [7, 11) is 0. The molecule has 21 heavy (non-hydrogen) atoms. The molecule has 0 aromatic heterocycles. The highest BCUT2D eigenvalue weighted by molar-refractivity contribution is 5.39. The molecular weight excluding hydrogens is 284 g/mol. The van der Waals surface area contributed by atoms with Crippen molar-refractivity contribution < 1.29 is 22.7 Å². The Labute approximate surface area is 119 Å². The van der Waals surface area contributed by atoms with E-state index in [0.717, 1.165) is 18.2 Å². The van der Waals surface area contributed by atoms with E-state index in [1.54, 1.807) is 6.92 Å². The van der Waals surface area contributed by atoms with Crippen LogP contribution in [-0.4, -0.2) is 5.11 Å². The van der Waals surface area contributed by atoms with E-state index in [1.807, 2.05) is 0 Å². The molecule has 0 aliphatic carbocycles. The van der Waals surface area contributed by atoms with Crippen molar-refractivity contribution in [3.8, 4) is 0 Å². The third-order valence-electron chi connectivity index (χ3n) is 3.49. The fourth-order valence-electron chi connectivity index (χ4n) is 2.06. The van der Waals surface area contributed by atoms with Gasteiger partial charge in [0.05, 0.1) is 5.56 Å². The molecule has 1 N–H and O–H groups in total. The summed E-state index contributed by atoms with van der Waals surface area (Å²) in [6.45, 7) is 2.91. The van der Waals surface area contributed by atoms with Crippen molar-refractivity contribution in [1.82, 2.24) is 0 Å². The number of halogens is 4. The molecule has 0 amide bonds. The number of hydrogen-bond donors (Lipinski definition) is 1. The minimum atomic E-state index is -4.50. The van der Waals surface area contributed by atoms with Gasteiger partial charge in [0, 0.05) is 0 Å². The zero-order chi connectivity index (χ0) is 15.8. The maximum atomic E-state index is 13.6. The van der Waals surface area contributed by atoms with E-state index >= 15 is 0 Å². The number of rotatable bonds is 2. The summed E-state index contributed by atoms with van der Waals surface area (Å²) < 4.78 is 51.8. The van der Waals surface area contributed by atoms with Crippen LogP contribution in [0.4, 0.5) is 17.6 Å². The summed E-state index contributed by atoms with van der Waals surface area (Å²) in [4.78, 5) is 0. The van der Waals surface area contributed by atoms with Crippen LogP contribution in [0.1, 0.15) is 29.2 Å². The zero-order valence-electron chi connectivity index (χ0n) is 11.5. The lowest BCUT2D eigenvalue weighted by molar-refractivity contribution is -0.137. The van der Waals surface area contributed by atoms with Gasteiger partial charge in [-0.3, -0.25) is 0 Å². The van der Waals surface area contributed by atoms with Crippen molar-refractivity contribution in [3.63, 3.8) is 0 Å². The Balaban J connectivity index is 2.50. The Kier molecular flexibility index (Phi) is 3.80. The van der Waals surface area contributed by atoms with Crippen molar-refractivity contribution >= 4 is 0 Å². The molecular formula is C16H14F4O. The van der Waals surface area contributed by atoms with Gasteiger partial charge in [-0.1, -0.05) is 24.3 Å². The van der Waals surface area contributed by atoms with Crippen LogP contribution >= 0.6 is 0 Å². The average molecular weight is 298 g/mol. The molecule has 0 fully saturated rings. The first-order valence-corrected chi connectivity index (χ1v) is 6.29. The Hall–Kier alpha value is -1.88. The second-order valence-corrected chi connectivity index (χ2v) is 5.11. The van der Waals surface area contributed by atoms with Crippen molar-refractivity contribution in [1.29, 1.82) is 0 Å². The minimum Gasteiger partial charge on any atom is -0.381 e. The van der Waals surface area contributed by atoms with E-state index in [4.69, 9.17) is 0 Å². The third-order valence-corrected chi connectivity index (χ3v) is 3.49. The van der Waals surface area contributed by atoms with E-state index in [0.29, 0.717) is 5.56 Å². The molecule has 0 aliphatic rings. The zero-order valence-corrected chi connectivity index (χ0v) is 11.5. The van der Waals surface area contributed by atoms with Gasteiger partial charge in [0.1, 0.15) is 11.4 Å². The van der Waals surface area contributed by atoms with Gasteiger partial charge in [-0.15, -0.1) is 0 Å². The molecule has 0 saturated heterocycles. The first kappa shape index (κ1) is 15.5. The Morgan fingerprint density at radius 3 is 2.05 bits per heavy atom. The normalized spacial score (nSPS) is 14.8. The van der Waals surface area contributed by atoms with Gasteiger partial charge in [0.15, 0.2) is 0 Å². The highest BCUT2D eigenvalue weighted by Crippen LogP contribution is 2.35. The summed E-state index contributed by atoms with van der Waals surface area (Å²) in [5.74, 6) is -0.514. The molecule has 1 atom stereocenters. The van der Waals surface area contributed by atoms with Gasteiger partial charge in [-0.05, 0) is 48.7 Å². The Morgan fingerprint density at radius 1 is 0.905 bits per heavy atom. The first-order chi connectivity index (χ1) is 9.62. The van der Waals surface area contributed by atoms with Gasteiger partial charge in [-0.25, -0.2) is 4.39 Å². The monoisotopic (exact) mass is 298 g/mol. The van der Waals surface area contributed by atoms with E-state index < -0.39 is 23.2 Å². The van der Waals surface area contributed by atoms with Crippen LogP contribution in [0.25, 0.3) is 0 Å². The molecule has 0 aliphatic heterocycles. The fraction of sp³-hybridized carbons (Fsp3) is 0.250. The van der Waals surface area contributed by atoms with Gasteiger partial charge >= 0.3 is 6.18 Å². The highest BCUT2D eigenvalue weighted by Gasteiger charge is 2.33. The Bertz CT molecular complexity index is 660. The third kappa shape index (κ3) is 3.08. The number of benzene rings is 2. The number of hydrogen-bond acceptors (Lipinski definition) is 1. The average Bonchev–Trinajstić information content (AvgIpc) is 2.41. The molecule has 5 heteroatoms. The summed E-state index contributed by atoms with van der Waals surface area (Å²) >= 11 is 0. The fourth-order valence-corrected chi connectivity index (χ4v) is 2.06. The largest absolute Gasteiger partial charge is 0.416 e. The summed E-state index contributed by atoms with van der Waals surface area (Å²) in [6, 6.07) is 8.51. The predicted molar refractivity (Wildman–Crippen MR) is 71.3 cm³/mol. The van der Waals surface area contributed by atoms with Crippen molar-refractivity contribution in [2.45, 2.75) is 25.6 Å². The summed E-state index contributed by atoms with van der Waals surface area (Å²) in [6.07, 6.45) is -4.50. The molecule has 0 saturated carbocycles. The Morgan fingerprint density at radius 2 is 1.48 bits per heavy atom. The van der Waals surface area contributed by atoms with E-state index in [2.05, 4.69) is 0 Å². The lowest BCUT2D eigenvalue weighted by Crippen LogP contribution is -2.23. The smallest absolute Gasteiger partial charge is 0.381 e. The summed E-state index contributed by atoms with van der Waals surface area (Å²) in [5.41, 5.74) is -1.91. The quantitative estimate of drug-likeness (QED) is 0.814. The van der Waals surface area contributed by atoms with Crippen LogP contribution in [0.3, 0.4) is 0 Å². The van der Waals surface area contributed by atoms with E-state index in [9.17, 15) is 22.7 Å². The topological polar surface area (TPSA) is 20.2 Å². The van der Waals surface area contributed by atoms with Crippen LogP contribution in [0.15, 0.2) is 42.5 Å². The van der Waals surface area contributed by atoms with E-state index in [-0.39, 0.29) is 11.1 Å². The molecule has 2 aromatic carbocycles. The molecule has 0 spiro atoms.